The van der Waals surface area contributed by atoms with E-state index in [4.69, 9.17) is 0 Å². The maximum Gasteiger partial charge on any atom is 0.228 e. The number of halogens is 1. The first-order valence-corrected chi connectivity index (χ1v) is 9.66. The van der Waals surface area contributed by atoms with Gasteiger partial charge in [0.05, 0.1) is 4.90 Å². The standard InChI is InChI=1S/C20H19FO2S/c1-14-7-11-18(12-8-14)24(22,23)20(21)17-10-9-16(13-17)19(20)15-5-3-2-4-6-15/h2-12,16-17,19H,13H2,1H3. The fraction of sp³-hybridized carbons (Fsp3) is 0.300. The van der Waals surface area contributed by atoms with Gasteiger partial charge in [0.1, 0.15) is 0 Å². The van der Waals surface area contributed by atoms with Crippen molar-refractivity contribution in [2.45, 2.75) is 29.2 Å². The smallest absolute Gasteiger partial charge is 0.225 e. The molecule has 4 heteroatoms. The number of aryl methyl sites for hydroxylation is 1. The SMILES string of the molecule is Cc1ccc(S(=O)(=O)C2(F)C3C=CC(C3)C2c2ccccc2)cc1. The van der Waals surface area contributed by atoms with Crippen molar-refractivity contribution in [1.82, 2.24) is 0 Å². The number of benzene rings is 2. The molecule has 0 heterocycles. The molecular weight excluding hydrogens is 323 g/mol. The molecule has 2 aromatic carbocycles. The van der Waals surface area contributed by atoms with E-state index in [1.165, 1.54) is 12.1 Å². The normalized spacial score (nSPS) is 31.5. The van der Waals surface area contributed by atoms with Crippen LogP contribution in [-0.2, 0) is 9.84 Å². The summed E-state index contributed by atoms with van der Waals surface area (Å²) < 4.78 is 42.7. The Bertz CT molecular complexity index is 887. The summed E-state index contributed by atoms with van der Waals surface area (Å²) in [4.78, 5) is 0.0671. The minimum absolute atomic E-state index is 0.0670. The molecule has 0 aromatic heterocycles. The number of rotatable bonds is 3. The van der Waals surface area contributed by atoms with Crippen LogP contribution in [0.15, 0.2) is 71.6 Å². The second kappa shape index (κ2) is 5.28. The molecule has 1 fully saturated rings. The average molecular weight is 342 g/mol. The Hall–Kier alpha value is -1.94. The number of hydrogen-bond donors (Lipinski definition) is 0. The molecule has 1 saturated carbocycles. The van der Waals surface area contributed by atoms with Gasteiger partial charge in [0.2, 0.25) is 14.8 Å². The Kier molecular flexibility index (Phi) is 3.43. The van der Waals surface area contributed by atoms with E-state index in [1.54, 1.807) is 18.2 Å². The van der Waals surface area contributed by atoms with Crippen LogP contribution in [0.2, 0.25) is 0 Å². The predicted molar refractivity (Wildman–Crippen MR) is 92.1 cm³/mol. The van der Waals surface area contributed by atoms with E-state index in [0.717, 1.165) is 11.1 Å². The van der Waals surface area contributed by atoms with Gasteiger partial charge in [-0.3, -0.25) is 0 Å². The molecule has 4 unspecified atom stereocenters. The van der Waals surface area contributed by atoms with Crippen molar-refractivity contribution in [3.8, 4) is 0 Å². The summed E-state index contributed by atoms with van der Waals surface area (Å²) in [6.45, 7) is 1.88. The molecule has 24 heavy (non-hydrogen) atoms. The Labute approximate surface area is 141 Å². The highest BCUT2D eigenvalue weighted by Gasteiger charge is 2.65. The summed E-state index contributed by atoms with van der Waals surface area (Å²) in [6.07, 6.45) is 4.28. The molecule has 2 aromatic rings. The predicted octanol–water partition coefficient (Wildman–Crippen LogP) is 4.42. The van der Waals surface area contributed by atoms with Gasteiger partial charge in [0.15, 0.2) is 0 Å². The number of hydrogen-bond acceptors (Lipinski definition) is 2. The molecule has 2 bridgehead atoms. The van der Waals surface area contributed by atoms with E-state index in [0.29, 0.717) is 6.42 Å². The first-order chi connectivity index (χ1) is 11.4. The maximum atomic E-state index is 16.3. The zero-order valence-electron chi connectivity index (χ0n) is 13.4. The van der Waals surface area contributed by atoms with Gasteiger partial charge >= 0.3 is 0 Å². The van der Waals surface area contributed by atoms with Gasteiger partial charge in [-0.05, 0) is 37.0 Å². The van der Waals surface area contributed by atoms with E-state index >= 15 is 4.39 Å². The molecule has 2 aliphatic rings. The molecule has 0 spiro atoms. The minimum atomic E-state index is -4.10. The van der Waals surface area contributed by atoms with Crippen LogP contribution in [0.1, 0.15) is 23.5 Å². The summed E-state index contributed by atoms with van der Waals surface area (Å²) in [6, 6.07) is 15.7. The second-order valence-electron chi connectivity index (χ2n) is 6.79. The van der Waals surface area contributed by atoms with Crippen molar-refractivity contribution in [3.63, 3.8) is 0 Å². The topological polar surface area (TPSA) is 34.1 Å². The fourth-order valence-electron chi connectivity index (χ4n) is 4.19. The average Bonchev–Trinajstić information content (AvgIpc) is 3.16. The van der Waals surface area contributed by atoms with Crippen molar-refractivity contribution >= 4 is 9.84 Å². The highest BCUT2D eigenvalue weighted by molar-refractivity contribution is 7.92. The number of fused-ring (bicyclic) bond motifs is 2. The molecule has 124 valence electrons. The molecule has 0 saturated heterocycles. The van der Waals surface area contributed by atoms with Crippen LogP contribution in [0.5, 0.6) is 0 Å². The Morgan fingerprint density at radius 2 is 1.67 bits per heavy atom. The summed E-state index contributed by atoms with van der Waals surface area (Å²) in [5.74, 6) is -1.30. The molecule has 0 radical (unpaired) electrons. The molecule has 0 amide bonds. The lowest BCUT2D eigenvalue weighted by molar-refractivity contribution is 0.199. The van der Waals surface area contributed by atoms with Crippen LogP contribution >= 0.6 is 0 Å². The van der Waals surface area contributed by atoms with Crippen LogP contribution < -0.4 is 0 Å². The monoisotopic (exact) mass is 342 g/mol. The number of alkyl halides is 1. The van der Waals surface area contributed by atoms with Gasteiger partial charge in [0, 0.05) is 11.8 Å². The summed E-state index contributed by atoms with van der Waals surface area (Å²) in [7, 11) is -4.10. The third-order valence-electron chi connectivity index (χ3n) is 5.38. The lowest BCUT2D eigenvalue weighted by Crippen LogP contribution is -2.43. The quantitative estimate of drug-likeness (QED) is 0.774. The van der Waals surface area contributed by atoms with E-state index < -0.39 is 26.7 Å². The van der Waals surface area contributed by atoms with Crippen molar-refractivity contribution < 1.29 is 12.8 Å². The second-order valence-corrected chi connectivity index (χ2v) is 8.90. The fourth-order valence-corrected chi connectivity index (χ4v) is 6.26. The van der Waals surface area contributed by atoms with E-state index in [1.807, 2.05) is 43.3 Å². The maximum absolute atomic E-state index is 16.3. The summed E-state index contributed by atoms with van der Waals surface area (Å²) >= 11 is 0. The van der Waals surface area contributed by atoms with E-state index in [9.17, 15) is 8.42 Å². The number of sulfone groups is 1. The van der Waals surface area contributed by atoms with Crippen LogP contribution in [0, 0.1) is 18.8 Å². The Balaban J connectivity index is 1.87. The number of allylic oxidation sites excluding steroid dienone is 2. The molecule has 0 N–H and O–H groups in total. The summed E-state index contributed by atoms with van der Waals surface area (Å²) in [5.41, 5.74) is 1.71. The minimum Gasteiger partial charge on any atom is -0.225 e. The largest absolute Gasteiger partial charge is 0.228 e. The molecule has 2 nitrogen and oxygen atoms in total. The van der Waals surface area contributed by atoms with Crippen LogP contribution in [-0.4, -0.2) is 13.4 Å². The van der Waals surface area contributed by atoms with Crippen molar-refractivity contribution in [3.05, 3.63) is 77.9 Å². The van der Waals surface area contributed by atoms with Gasteiger partial charge in [0.25, 0.3) is 0 Å². The first kappa shape index (κ1) is 15.6. The van der Waals surface area contributed by atoms with Crippen molar-refractivity contribution in [2.75, 3.05) is 0 Å². The van der Waals surface area contributed by atoms with Gasteiger partial charge in [-0.1, -0.05) is 60.2 Å². The zero-order valence-corrected chi connectivity index (χ0v) is 14.2. The molecular formula is C20H19FO2S. The van der Waals surface area contributed by atoms with Gasteiger partial charge in [-0.2, -0.15) is 0 Å². The molecule has 4 atom stereocenters. The molecule has 4 rings (SSSR count). The van der Waals surface area contributed by atoms with Gasteiger partial charge in [-0.15, -0.1) is 0 Å². The van der Waals surface area contributed by atoms with Crippen LogP contribution in [0.3, 0.4) is 0 Å². The Morgan fingerprint density at radius 3 is 2.33 bits per heavy atom. The van der Waals surface area contributed by atoms with Crippen molar-refractivity contribution in [2.24, 2.45) is 11.8 Å². The highest BCUT2D eigenvalue weighted by Crippen LogP contribution is 2.60. The lowest BCUT2D eigenvalue weighted by atomic mass is 9.85. The van der Waals surface area contributed by atoms with Crippen LogP contribution in [0.4, 0.5) is 4.39 Å². The van der Waals surface area contributed by atoms with Crippen LogP contribution in [0.25, 0.3) is 0 Å². The van der Waals surface area contributed by atoms with E-state index in [-0.39, 0.29) is 10.8 Å². The molecule has 2 aliphatic carbocycles. The summed E-state index contributed by atoms with van der Waals surface area (Å²) in [5, 5.41) is -2.29. The first-order valence-electron chi connectivity index (χ1n) is 8.18. The van der Waals surface area contributed by atoms with E-state index in [2.05, 4.69) is 0 Å². The molecule has 0 aliphatic heterocycles. The Morgan fingerprint density at radius 1 is 1.00 bits per heavy atom. The third kappa shape index (κ3) is 2.02. The van der Waals surface area contributed by atoms with Crippen molar-refractivity contribution in [1.29, 1.82) is 0 Å². The van der Waals surface area contributed by atoms with Gasteiger partial charge < -0.3 is 0 Å². The third-order valence-corrected chi connectivity index (χ3v) is 7.65. The van der Waals surface area contributed by atoms with Gasteiger partial charge in [-0.25, -0.2) is 12.8 Å². The highest BCUT2D eigenvalue weighted by atomic mass is 32.2. The zero-order chi connectivity index (χ0) is 16.9. The lowest BCUT2D eigenvalue weighted by Gasteiger charge is -2.34.